The molecule has 2 heteroatoms. The van der Waals surface area contributed by atoms with Gasteiger partial charge in [-0.05, 0) is 36.3 Å². The average molecular weight is 298 g/mol. The van der Waals surface area contributed by atoms with Gasteiger partial charge in [0.25, 0.3) is 0 Å². The number of hydrogen-bond acceptors (Lipinski definition) is 1. The largest absolute Gasteiger partial charge is 0.212 e. The van der Waals surface area contributed by atoms with E-state index in [-0.39, 0.29) is 10.8 Å². The van der Waals surface area contributed by atoms with E-state index >= 15 is 0 Å². The molecule has 0 aromatic heterocycles. The van der Waals surface area contributed by atoms with E-state index < -0.39 is 0 Å². The highest BCUT2D eigenvalue weighted by molar-refractivity contribution is 7.66. The van der Waals surface area contributed by atoms with Crippen molar-refractivity contribution in [1.82, 2.24) is 0 Å². The molecule has 0 heterocycles. The van der Waals surface area contributed by atoms with Crippen molar-refractivity contribution in [1.29, 1.82) is 0 Å². The highest BCUT2D eigenvalue weighted by Crippen LogP contribution is 2.66. The summed E-state index contributed by atoms with van der Waals surface area (Å²) in [5.41, 5.74) is 1.39. The fraction of sp³-hybridized carbons (Fsp3) is 0.526. The molecule has 2 aliphatic rings. The van der Waals surface area contributed by atoms with Gasteiger partial charge in [0.05, 0.1) is 11.3 Å². The molecule has 0 radical (unpaired) electrons. The van der Waals surface area contributed by atoms with Gasteiger partial charge in [-0.2, -0.15) is 0 Å². The maximum absolute atomic E-state index is 11.7. The van der Waals surface area contributed by atoms with Crippen molar-refractivity contribution in [3.63, 3.8) is 0 Å². The van der Waals surface area contributed by atoms with Gasteiger partial charge in [-0.1, -0.05) is 50.8 Å². The Labute approximate surface area is 131 Å². The van der Waals surface area contributed by atoms with Crippen LogP contribution in [0.5, 0.6) is 0 Å². The molecule has 0 spiro atoms. The van der Waals surface area contributed by atoms with Gasteiger partial charge < -0.3 is 0 Å². The Morgan fingerprint density at radius 3 is 2.62 bits per heavy atom. The lowest BCUT2D eigenvalue weighted by molar-refractivity contribution is 0.179. The quantitative estimate of drug-likeness (QED) is 0.568. The predicted molar refractivity (Wildman–Crippen MR) is 89.2 cm³/mol. The Morgan fingerprint density at radius 1 is 1.24 bits per heavy atom. The molecule has 1 unspecified atom stereocenters. The first kappa shape index (κ1) is 14.6. The molecule has 0 N–H and O–H groups in total. The fourth-order valence-corrected chi connectivity index (χ4v) is 5.37. The fourth-order valence-electron chi connectivity index (χ4n) is 4.45. The zero-order valence-corrected chi connectivity index (χ0v) is 13.8. The van der Waals surface area contributed by atoms with Gasteiger partial charge in [0, 0.05) is 28.2 Å². The Bertz CT molecular complexity index is 658. The molecular weight excluding hydrogens is 276 g/mol. The monoisotopic (exact) mass is 298 g/mol. The minimum Gasteiger partial charge on any atom is -0.212 e. The Hall–Kier alpha value is -1.33. The van der Waals surface area contributed by atoms with Gasteiger partial charge in [-0.3, -0.25) is 0 Å². The van der Waals surface area contributed by atoms with E-state index in [9.17, 15) is 4.21 Å². The van der Waals surface area contributed by atoms with Crippen molar-refractivity contribution >= 4 is 16.1 Å². The molecule has 3 rings (SSSR count). The first-order chi connectivity index (χ1) is 10.0. The van der Waals surface area contributed by atoms with Gasteiger partial charge in [0.2, 0.25) is 0 Å². The zero-order chi connectivity index (χ0) is 15.1. The highest BCUT2D eigenvalue weighted by Gasteiger charge is 2.63. The molecule has 2 aliphatic carbocycles. The molecule has 0 amide bonds. The van der Waals surface area contributed by atoms with Gasteiger partial charge in [-0.15, -0.1) is 0 Å². The van der Waals surface area contributed by atoms with Crippen molar-refractivity contribution in [2.45, 2.75) is 40.0 Å². The van der Waals surface area contributed by atoms with Crippen molar-refractivity contribution in [3.8, 4) is 11.8 Å². The number of rotatable bonds is 1. The maximum Gasteiger partial charge on any atom is 0.0885 e. The topological polar surface area (TPSA) is 17.1 Å². The van der Waals surface area contributed by atoms with Gasteiger partial charge in [-0.25, -0.2) is 4.21 Å². The normalized spacial score (nSPS) is 32.6. The molecule has 2 fully saturated rings. The molecule has 0 aliphatic heterocycles. The maximum atomic E-state index is 11.7. The van der Waals surface area contributed by atoms with Gasteiger partial charge in [0.15, 0.2) is 0 Å². The molecular formula is C19H22OS. The van der Waals surface area contributed by atoms with Crippen LogP contribution in [0.1, 0.15) is 45.6 Å². The second-order valence-electron chi connectivity index (χ2n) is 7.12. The number of benzene rings is 1. The zero-order valence-electron chi connectivity index (χ0n) is 13.0. The third kappa shape index (κ3) is 2.10. The summed E-state index contributed by atoms with van der Waals surface area (Å²) >= 11 is 0.750. The second-order valence-corrected chi connectivity index (χ2v) is 7.73. The highest BCUT2D eigenvalue weighted by atomic mass is 32.1. The van der Waals surface area contributed by atoms with Crippen LogP contribution >= 0.6 is 0 Å². The van der Waals surface area contributed by atoms with E-state index in [0.717, 1.165) is 34.5 Å². The Morgan fingerprint density at radius 2 is 1.95 bits per heavy atom. The molecule has 21 heavy (non-hydrogen) atoms. The van der Waals surface area contributed by atoms with Crippen LogP contribution in [0.4, 0.5) is 0 Å². The second kappa shape index (κ2) is 5.14. The van der Waals surface area contributed by atoms with E-state index in [1.165, 1.54) is 6.42 Å². The summed E-state index contributed by atoms with van der Waals surface area (Å²) < 4.78 is 11.7. The molecule has 2 saturated carbocycles. The minimum atomic E-state index is 0.100. The van der Waals surface area contributed by atoms with Crippen molar-refractivity contribution in [3.05, 3.63) is 35.9 Å². The summed E-state index contributed by atoms with van der Waals surface area (Å²) in [7, 11) is 0. The smallest absolute Gasteiger partial charge is 0.0885 e. The number of fused-ring (bicyclic) bond motifs is 2. The van der Waals surface area contributed by atoms with Crippen LogP contribution < -0.4 is 0 Å². The standard InChI is InChI=1S/C19H22OS/c1-18(2)16-12-13-19(18,3)17(21-20)15(16)11-7-10-14-8-5-4-6-9-14/h4-6,8-9,15-16H,11-13H2,1-3H3/t15?,16-,19+/m1/s1. The third-order valence-corrected chi connectivity index (χ3v) is 7.02. The molecule has 1 aromatic rings. The first-order valence-corrected chi connectivity index (χ1v) is 8.46. The van der Waals surface area contributed by atoms with Crippen LogP contribution in [0.25, 0.3) is 0 Å². The van der Waals surface area contributed by atoms with E-state index in [2.05, 4.69) is 32.6 Å². The molecule has 110 valence electrons. The summed E-state index contributed by atoms with van der Waals surface area (Å²) in [5, 5.41) is 0. The molecule has 1 aromatic carbocycles. The Kier molecular flexibility index (Phi) is 3.58. The van der Waals surface area contributed by atoms with Crippen LogP contribution in [0.15, 0.2) is 30.3 Å². The lowest BCUT2D eigenvalue weighted by Crippen LogP contribution is -2.33. The van der Waals surface area contributed by atoms with Crippen LogP contribution in [0.2, 0.25) is 0 Å². The summed E-state index contributed by atoms with van der Waals surface area (Å²) in [5.74, 6) is 7.55. The first-order valence-electron chi connectivity index (χ1n) is 7.72. The van der Waals surface area contributed by atoms with Crippen molar-refractivity contribution < 1.29 is 4.21 Å². The molecule has 2 bridgehead atoms. The minimum absolute atomic E-state index is 0.100. The summed E-state index contributed by atoms with van der Waals surface area (Å²) in [6.45, 7) is 6.97. The van der Waals surface area contributed by atoms with Gasteiger partial charge in [0.1, 0.15) is 0 Å². The van der Waals surface area contributed by atoms with Crippen molar-refractivity contribution in [2.75, 3.05) is 0 Å². The molecule has 0 saturated heterocycles. The van der Waals surface area contributed by atoms with Crippen LogP contribution in [-0.4, -0.2) is 9.07 Å². The van der Waals surface area contributed by atoms with Gasteiger partial charge >= 0.3 is 0 Å². The van der Waals surface area contributed by atoms with Crippen LogP contribution in [0, 0.1) is 34.5 Å². The van der Waals surface area contributed by atoms with E-state index in [4.69, 9.17) is 0 Å². The van der Waals surface area contributed by atoms with Crippen molar-refractivity contribution in [2.24, 2.45) is 22.7 Å². The summed E-state index contributed by atoms with van der Waals surface area (Å²) in [6.07, 6.45) is 3.23. The van der Waals surface area contributed by atoms with E-state index in [0.29, 0.717) is 11.8 Å². The third-order valence-electron chi connectivity index (χ3n) is 6.09. The SMILES string of the molecule is CC1(C)[C@@H]2CC[C@@]1(C)C(=S=O)C2CC#Cc1ccccc1. The van der Waals surface area contributed by atoms with Crippen LogP contribution in [0.3, 0.4) is 0 Å². The lowest BCUT2D eigenvalue weighted by atomic mass is 9.71. The predicted octanol–water partition coefficient (Wildman–Crippen LogP) is 3.89. The lowest BCUT2D eigenvalue weighted by Gasteiger charge is -2.33. The summed E-state index contributed by atoms with van der Waals surface area (Å²) in [4.78, 5) is 1.16. The molecule has 1 nitrogen and oxygen atoms in total. The van der Waals surface area contributed by atoms with E-state index in [1.807, 2.05) is 30.3 Å². The van der Waals surface area contributed by atoms with E-state index in [1.54, 1.807) is 0 Å². The summed E-state index contributed by atoms with van der Waals surface area (Å²) in [6, 6.07) is 10.1. The average Bonchev–Trinajstić information content (AvgIpc) is 2.79. The number of hydrogen-bond donors (Lipinski definition) is 0. The Balaban J connectivity index is 1.85. The van der Waals surface area contributed by atoms with Crippen LogP contribution in [-0.2, 0) is 11.3 Å². The molecule has 3 atom stereocenters.